The van der Waals surface area contributed by atoms with E-state index in [-0.39, 0.29) is 12.5 Å². The highest BCUT2D eigenvalue weighted by Gasteiger charge is 2.13. The van der Waals surface area contributed by atoms with Crippen molar-refractivity contribution in [2.75, 3.05) is 14.2 Å². The Morgan fingerprint density at radius 1 is 1.22 bits per heavy atom. The Hall–Kier alpha value is -3.12. The van der Waals surface area contributed by atoms with Gasteiger partial charge >= 0.3 is 0 Å². The summed E-state index contributed by atoms with van der Waals surface area (Å²) in [7, 11) is 3.26. The minimum Gasteiger partial charge on any atom is -0.496 e. The van der Waals surface area contributed by atoms with E-state index in [1.807, 2.05) is 36.4 Å². The summed E-state index contributed by atoms with van der Waals surface area (Å²) in [4.78, 5) is 18.1. The predicted octanol–water partition coefficient (Wildman–Crippen LogP) is 4.07. The Morgan fingerprint density at radius 3 is 2.70 bits per heavy atom. The van der Waals surface area contributed by atoms with Gasteiger partial charge in [-0.05, 0) is 36.4 Å². The predicted molar refractivity (Wildman–Crippen MR) is 103 cm³/mol. The SMILES string of the molecule is COc1ccccc1/C=C/C(=O)N(C)Cc1nc(-c2ccc(Cl)cc2)no1. The fraction of sp³-hybridized carbons (Fsp3) is 0.150. The first kappa shape index (κ1) is 18.7. The number of hydrogen-bond donors (Lipinski definition) is 0. The summed E-state index contributed by atoms with van der Waals surface area (Å²) < 4.78 is 10.5. The third-order valence-corrected chi connectivity index (χ3v) is 4.12. The maximum Gasteiger partial charge on any atom is 0.246 e. The topological polar surface area (TPSA) is 68.5 Å². The first-order valence-electron chi connectivity index (χ1n) is 8.21. The molecule has 0 radical (unpaired) electrons. The van der Waals surface area contributed by atoms with E-state index >= 15 is 0 Å². The van der Waals surface area contributed by atoms with Crippen LogP contribution in [0.3, 0.4) is 0 Å². The van der Waals surface area contributed by atoms with E-state index < -0.39 is 0 Å². The number of halogens is 1. The number of methoxy groups -OCH3 is 1. The third-order valence-electron chi connectivity index (χ3n) is 3.86. The summed E-state index contributed by atoms with van der Waals surface area (Å²) in [5.74, 6) is 1.31. The normalized spacial score (nSPS) is 10.9. The van der Waals surface area contributed by atoms with Crippen LogP contribution in [0.1, 0.15) is 11.5 Å². The Balaban J connectivity index is 1.65. The molecule has 0 N–H and O–H groups in total. The number of aromatic nitrogens is 2. The number of nitrogens with zero attached hydrogens (tertiary/aromatic N) is 3. The summed E-state index contributed by atoms with van der Waals surface area (Å²) in [6.45, 7) is 0.204. The number of rotatable bonds is 6. The second-order valence-electron chi connectivity index (χ2n) is 5.79. The molecule has 3 rings (SSSR count). The van der Waals surface area contributed by atoms with Gasteiger partial charge in [-0.1, -0.05) is 35.0 Å². The molecule has 1 aromatic heterocycles. The van der Waals surface area contributed by atoms with E-state index in [9.17, 15) is 4.79 Å². The van der Waals surface area contributed by atoms with Crippen molar-refractivity contribution in [2.45, 2.75) is 6.54 Å². The first-order chi connectivity index (χ1) is 13.1. The fourth-order valence-electron chi connectivity index (χ4n) is 2.41. The summed E-state index contributed by atoms with van der Waals surface area (Å²) in [5, 5.41) is 4.58. The van der Waals surface area contributed by atoms with Crippen molar-refractivity contribution in [3.63, 3.8) is 0 Å². The Kier molecular flexibility index (Phi) is 5.88. The van der Waals surface area contributed by atoms with Gasteiger partial charge in [-0.3, -0.25) is 4.79 Å². The minimum atomic E-state index is -0.188. The molecule has 0 atom stereocenters. The van der Waals surface area contributed by atoms with Crippen molar-refractivity contribution < 1.29 is 14.1 Å². The van der Waals surface area contributed by atoms with E-state index in [0.717, 1.165) is 11.1 Å². The van der Waals surface area contributed by atoms with Gasteiger partial charge in [0.1, 0.15) is 5.75 Å². The van der Waals surface area contributed by atoms with Crippen molar-refractivity contribution in [1.82, 2.24) is 15.0 Å². The van der Waals surface area contributed by atoms with Crippen LogP contribution in [0.25, 0.3) is 17.5 Å². The number of likely N-dealkylation sites (N-methyl/N-ethyl adjacent to an activating group) is 1. The van der Waals surface area contributed by atoms with Crippen LogP contribution in [0.15, 0.2) is 59.1 Å². The number of ether oxygens (including phenoxy) is 1. The maximum atomic E-state index is 12.3. The zero-order valence-corrected chi connectivity index (χ0v) is 15.7. The van der Waals surface area contributed by atoms with Crippen LogP contribution in [-0.4, -0.2) is 35.1 Å². The second kappa shape index (κ2) is 8.51. The molecular formula is C20H18ClN3O3. The molecule has 0 aliphatic heterocycles. The maximum absolute atomic E-state index is 12.3. The highest BCUT2D eigenvalue weighted by molar-refractivity contribution is 6.30. The van der Waals surface area contributed by atoms with E-state index in [0.29, 0.717) is 22.5 Å². The monoisotopic (exact) mass is 383 g/mol. The largest absolute Gasteiger partial charge is 0.496 e. The molecule has 0 spiro atoms. The molecule has 1 heterocycles. The van der Waals surface area contributed by atoms with Gasteiger partial charge < -0.3 is 14.2 Å². The van der Waals surface area contributed by atoms with E-state index in [1.165, 1.54) is 11.0 Å². The molecule has 0 fully saturated rings. The van der Waals surface area contributed by atoms with Crippen LogP contribution in [0.5, 0.6) is 5.75 Å². The molecule has 0 aliphatic carbocycles. The lowest BCUT2D eigenvalue weighted by molar-refractivity contribution is -0.125. The molecule has 0 unspecified atom stereocenters. The molecule has 0 saturated carbocycles. The minimum absolute atomic E-state index is 0.188. The van der Waals surface area contributed by atoms with Crippen molar-refractivity contribution in [1.29, 1.82) is 0 Å². The molecular weight excluding hydrogens is 366 g/mol. The van der Waals surface area contributed by atoms with Crippen molar-refractivity contribution in [2.24, 2.45) is 0 Å². The van der Waals surface area contributed by atoms with Crippen molar-refractivity contribution in [3.8, 4) is 17.1 Å². The smallest absolute Gasteiger partial charge is 0.246 e. The van der Waals surface area contributed by atoms with Gasteiger partial charge in [-0.2, -0.15) is 4.98 Å². The highest BCUT2D eigenvalue weighted by atomic mass is 35.5. The zero-order chi connectivity index (χ0) is 19.2. The summed E-state index contributed by atoms with van der Waals surface area (Å²) in [6.07, 6.45) is 3.19. The average molecular weight is 384 g/mol. The second-order valence-corrected chi connectivity index (χ2v) is 6.22. The van der Waals surface area contributed by atoms with Crippen LogP contribution in [0, 0.1) is 0 Å². The molecule has 6 nitrogen and oxygen atoms in total. The first-order valence-corrected chi connectivity index (χ1v) is 8.59. The molecule has 27 heavy (non-hydrogen) atoms. The number of hydrogen-bond acceptors (Lipinski definition) is 5. The molecule has 1 amide bonds. The molecule has 138 valence electrons. The van der Waals surface area contributed by atoms with Crippen molar-refractivity contribution in [3.05, 3.63) is 71.1 Å². The van der Waals surface area contributed by atoms with E-state index in [2.05, 4.69) is 10.1 Å². The van der Waals surface area contributed by atoms with Gasteiger partial charge in [0.2, 0.25) is 17.6 Å². The molecule has 7 heteroatoms. The molecule has 0 bridgehead atoms. The van der Waals surface area contributed by atoms with Crippen LogP contribution in [0.2, 0.25) is 5.02 Å². The lowest BCUT2D eigenvalue weighted by Gasteiger charge is -2.12. The highest BCUT2D eigenvalue weighted by Crippen LogP contribution is 2.20. The Labute approximate surface area is 162 Å². The van der Waals surface area contributed by atoms with Crippen LogP contribution in [-0.2, 0) is 11.3 Å². The molecule has 0 saturated heterocycles. The van der Waals surface area contributed by atoms with E-state index in [4.69, 9.17) is 20.9 Å². The average Bonchev–Trinajstić information content (AvgIpc) is 3.15. The zero-order valence-electron chi connectivity index (χ0n) is 14.9. The number of carbonyl (C=O) groups is 1. The van der Waals surface area contributed by atoms with Gasteiger partial charge in [0.25, 0.3) is 0 Å². The van der Waals surface area contributed by atoms with Gasteiger partial charge in [-0.25, -0.2) is 0 Å². The Bertz CT molecular complexity index is 951. The van der Waals surface area contributed by atoms with Gasteiger partial charge in [0, 0.05) is 29.3 Å². The summed E-state index contributed by atoms with van der Waals surface area (Å²) in [5.41, 5.74) is 1.61. The number of para-hydroxylation sites is 1. The van der Waals surface area contributed by atoms with Crippen LogP contribution in [0.4, 0.5) is 0 Å². The summed E-state index contributed by atoms with van der Waals surface area (Å²) in [6, 6.07) is 14.6. The van der Waals surface area contributed by atoms with Crippen LogP contribution < -0.4 is 4.74 Å². The van der Waals surface area contributed by atoms with Crippen LogP contribution >= 0.6 is 11.6 Å². The number of amides is 1. The van der Waals surface area contributed by atoms with Crippen molar-refractivity contribution >= 4 is 23.6 Å². The summed E-state index contributed by atoms with van der Waals surface area (Å²) >= 11 is 5.88. The Morgan fingerprint density at radius 2 is 1.96 bits per heavy atom. The van der Waals surface area contributed by atoms with Gasteiger partial charge in [0.05, 0.1) is 13.7 Å². The quantitative estimate of drug-likeness (QED) is 0.600. The van der Waals surface area contributed by atoms with Gasteiger partial charge in [0.15, 0.2) is 0 Å². The third kappa shape index (κ3) is 4.74. The molecule has 0 aliphatic rings. The molecule has 3 aromatic rings. The number of benzene rings is 2. The van der Waals surface area contributed by atoms with E-state index in [1.54, 1.807) is 32.4 Å². The lowest BCUT2D eigenvalue weighted by atomic mass is 10.2. The fourth-order valence-corrected chi connectivity index (χ4v) is 2.53. The standard InChI is InChI=1S/C20H18ClN3O3/c1-24(19(25)12-9-14-5-3-4-6-17(14)26-2)13-18-22-20(23-27-18)15-7-10-16(21)11-8-15/h3-12H,13H2,1-2H3/b12-9+. The number of carbonyl (C=O) groups excluding carboxylic acids is 1. The molecule has 2 aromatic carbocycles. The van der Waals surface area contributed by atoms with Gasteiger partial charge in [-0.15, -0.1) is 0 Å². The lowest BCUT2D eigenvalue weighted by Crippen LogP contribution is -2.24.